The molecule has 0 aromatic heterocycles. The fourth-order valence-electron chi connectivity index (χ4n) is 2.59. The zero-order valence-electron chi connectivity index (χ0n) is 12.0. The summed E-state index contributed by atoms with van der Waals surface area (Å²) in [6.07, 6.45) is 1.98. The Labute approximate surface area is 122 Å². The van der Waals surface area contributed by atoms with Gasteiger partial charge in [0.1, 0.15) is 0 Å². The van der Waals surface area contributed by atoms with E-state index >= 15 is 0 Å². The second kappa shape index (κ2) is 6.30. The number of nitrogens with zero attached hydrogens (tertiary/aromatic N) is 1. The first-order chi connectivity index (χ1) is 10.00. The molecule has 1 saturated heterocycles. The van der Waals surface area contributed by atoms with Gasteiger partial charge in [0.05, 0.1) is 25.7 Å². The van der Waals surface area contributed by atoms with Crippen LogP contribution in [0.3, 0.4) is 0 Å². The lowest BCUT2D eigenvalue weighted by molar-refractivity contribution is -0.154. The van der Waals surface area contributed by atoms with Gasteiger partial charge in [0.15, 0.2) is 6.04 Å². The van der Waals surface area contributed by atoms with Crippen LogP contribution in [-0.4, -0.2) is 67.4 Å². The quantitative estimate of drug-likeness (QED) is 0.698. The predicted octanol–water partition coefficient (Wildman–Crippen LogP) is -0.175. The molecule has 1 atom stereocenters. The molecule has 21 heavy (non-hydrogen) atoms. The van der Waals surface area contributed by atoms with Crippen molar-refractivity contribution in [3.8, 4) is 0 Å². The van der Waals surface area contributed by atoms with E-state index in [1.807, 2.05) is 0 Å². The fourth-order valence-corrected chi connectivity index (χ4v) is 2.59. The summed E-state index contributed by atoms with van der Waals surface area (Å²) >= 11 is 0. The average Bonchev–Trinajstić information content (AvgIpc) is 2.44. The number of hydrogen-bond donors (Lipinski definition) is 2. The minimum Gasteiger partial charge on any atom is -0.481 e. The van der Waals surface area contributed by atoms with Crippen molar-refractivity contribution < 1.29 is 29.0 Å². The van der Waals surface area contributed by atoms with Crippen molar-refractivity contribution in [3.05, 3.63) is 0 Å². The van der Waals surface area contributed by atoms with Gasteiger partial charge in [-0.1, -0.05) is 6.42 Å². The smallest absolute Gasteiger partial charge is 0.331 e. The fraction of sp³-hybridized carbons (Fsp3) is 0.769. The molecule has 1 aliphatic heterocycles. The lowest BCUT2D eigenvalue weighted by atomic mass is 9.69. The number of hydrogen-bond acceptors (Lipinski definition) is 5. The lowest BCUT2D eigenvalue weighted by Gasteiger charge is -2.39. The number of rotatable bonds is 4. The summed E-state index contributed by atoms with van der Waals surface area (Å²) in [4.78, 5) is 36.4. The van der Waals surface area contributed by atoms with E-state index in [0.717, 1.165) is 6.42 Å². The summed E-state index contributed by atoms with van der Waals surface area (Å²) in [6.45, 7) is 0.771. The van der Waals surface area contributed by atoms with Crippen LogP contribution in [0.5, 0.6) is 0 Å². The van der Waals surface area contributed by atoms with Crippen molar-refractivity contribution in [3.63, 3.8) is 0 Å². The number of ether oxygens (including phenoxy) is 2. The summed E-state index contributed by atoms with van der Waals surface area (Å²) in [6, 6.07) is -1.24. The van der Waals surface area contributed by atoms with Gasteiger partial charge in [0.25, 0.3) is 0 Å². The molecule has 8 heteroatoms. The Morgan fingerprint density at radius 1 is 1.43 bits per heavy atom. The molecule has 2 fully saturated rings. The standard InChI is InChI=1S/C13H20N2O6/c1-20-10(16)9-7-21-6-5-15(9)12(19)14-8-13(11(17)18)3-2-4-13/h9H,2-8H2,1H3,(H,14,19)(H,17,18). The van der Waals surface area contributed by atoms with E-state index in [4.69, 9.17) is 4.74 Å². The Hall–Kier alpha value is -1.83. The highest BCUT2D eigenvalue weighted by molar-refractivity contribution is 5.84. The van der Waals surface area contributed by atoms with E-state index in [1.165, 1.54) is 12.0 Å². The number of esters is 1. The molecular weight excluding hydrogens is 280 g/mol. The van der Waals surface area contributed by atoms with Crippen LogP contribution in [0.15, 0.2) is 0 Å². The third kappa shape index (κ3) is 3.10. The van der Waals surface area contributed by atoms with Gasteiger partial charge < -0.3 is 24.8 Å². The summed E-state index contributed by atoms with van der Waals surface area (Å²) in [5, 5.41) is 11.9. The van der Waals surface area contributed by atoms with Crippen molar-refractivity contribution in [1.82, 2.24) is 10.2 Å². The van der Waals surface area contributed by atoms with Crippen molar-refractivity contribution in [2.75, 3.05) is 33.4 Å². The van der Waals surface area contributed by atoms with Crippen LogP contribution in [0.1, 0.15) is 19.3 Å². The van der Waals surface area contributed by atoms with Crippen LogP contribution in [0, 0.1) is 5.41 Å². The lowest BCUT2D eigenvalue weighted by Crippen LogP contribution is -2.58. The van der Waals surface area contributed by atoms with Crippen LogP contribution in [-0.2, 0) is 19.1 Å². The maximum absolute atomic E-state index is 12.2. The van der Waals surface area contributed by atoms with Gasteiger partial charge in [-0.15, -0.1) is 0 Å². The first kappa shape index (κ1) is 15.6. The third-order valence-corrected chi connectivity index (χ3v) is 4.20. The minimum absolute atomic E-state index is 0.0758. The molecule has 0 spiro atoms. The highest BCUT2D eigenvalue weighted by Crippen LogP contribution is 2.40. The normalized spacial score (nSPS) is 23.9. The zero-order chi connectivity index (χ0) is 15.5. The number of morpholine rings is 1. The monoisotopic (exact) mass is 300 g/mol. The molecule has 1 aliphatic carbocycles. The molecule has 8 nitrogen and oxygen atoms in total. The van der Waals surface area contributed by atoms with E-state index in [9.17, 15) is 19.5 Å². The number of amides is 2. The van der Waals surface area contributed by atoms with Crippen molar-refractivity contribution in [2.45, 2.75) is 25.3 Å². The second-order valence-electron chi connectivity index (χ2n) is 5.41. The number of carboxylic acid groups (broad SMARTS) is 1. The maximum atomic E-state index is 12.2. The van der Waals surface area contributed by atoms with Gasteiger partial charge in [-0.25, -0.2) is 9.59 Å². The second-order valence-corrected chi connectivity index (χ2v) is 5.41. The summed E-state index contributed by atoms with van der Waals surface area (Å²) in [5.41, 5.74) is -0.858. The van der Waals surface area contributed by atoms with E-state index in [0.29, 0.717) is 19.4 Å². The molecule has 0 radical (unpaired) electrons. The summed E-state index contributed by atoms with van der Waals surface area (Å²) in [5.74, 6) is -1.43. The Balaban J connectivity index is 1.95. The molecule has 2 amide bonds. The topological polar surface area (TPSA) is 105 Å². The van der Waals surface area contributed by atoms with E-state index in [2.05, 4.69) is 10.1 Å². The molecule has 2 N–H and O–H groups in total. The first-order valence-electron chi connectivity index (χ1n) is 6.93. The first-order valence-corrected chi connectivity index (χ1v) is 6.93. The molecular formula is C13H20N2O6. The SMILES string of the molecule is COC(=O)C1COCCN1C(=O)NCC1(C(=O)O)CCC1. The molecule has 0 aromatic rings. The van der Waals surface area contributed by atoms with Gasteiger partial charge in [0, 0.05) is 13.1 Å². The van der Waals surface area contributed by atoms with Gasteiger partial charge in [-0.3, -0.25) is 4.79 Å². The van der Waals surface area contributed by atoms with Crippen LogP contribution in [0.4, 0.5) is 4.79 Å². The van der Waals surface area contributed by atoms with Gasteiger partial charge in [-0.05, 0) is 12.8 Å². The summed E-state index contributed by atoms with van der Waals surface area (Å²) < 4.78 is 9.84. The van der Waals surface area contributed by atoms with E-state index in [1.54, 1.807) is 0 Å². The molecule has 2 rings (SSSR count). The van der Waals surface area contributed by atoms with E-state index < -0.39 is 29.4 Å². The maximum Gasteiger partial charge on any atom is 0.331 e. The van der Waals surface area contributed by atoms with Crippen LogP contribution >= 0.6 is 0 Å². The largest absolute Gasteiger partial charge is 0.481 e. The molecule has 1 unspecified atom stereocenters. The van der Waals surface area contributed by atoms with Gasteiger partial charge >= 0.3 is 18.0 Å². The molecule has 1 heterocycles. The van der Waals surface area contributed by atoms with Crippen LogP contribution in [0.2, 0.25) is 0 Å². The molecule has 0 bridgehead atoms. The Kier molecular flexibility index (Phi) is 4.66. The number of nitrogens with one attached hydrogen (secondary N) is 1. The Morgan fingerprint density at radius 3 is 2.67 bits per heavy atom. The number of carbonyl (C=O) groups is 3. The van der Waals surface area contributed by atoms with Crippen LogP contribution in [0.25, 0.3) is 0 Å². The number of carboxylic acids is 1. The Bertz CT molecular complexity index is 434. The minimum atomic E-state index is -0.888. The molecule has 0 aromatic carbocycles. The molecule has 2 aliphatic rings. The number of urea groups is 1. The van der Waals surface area contributed by atoms with Crippen LogP contribution < -0.4 is 5.32 Å². The zero-order valence-corrected chi connectivity index (χ0v) is 12.0. The summed E-state index contributed by atoms with van der Waals surface area (Å²) in [7, 11) is 1.25. The number of carbonyl (C=O) groups excluding carboxylic acids is 2. The highest BCUT2D eigenvalue weighted by Gasteiger charge is 2.45. The molecule has 1 saturated carbocycles. The van der Waals surface area contributed by atoms with Crippen molar-refractivity contribution in [2.24, 2.45) is 5.41 Å². The number of aliphatic carboxylic acids is 1. The van der Waals surface area contributed by atoms with E-state index in [-0.39, 0.29) is 19.7 Å². The average molecular weight is 300 g/mol. The van der Waals surface area contributed by atoms with Crippen molar-refractivity contribution in [1.29, 1.82) is 0 Å². The third-order valence-electron chi connectivity index (χ3n) is 4.20. The van der Waals surface area contributed by atoms with Crippen molar-refractivity contribution >= 4 is 18.0 Å². The highest BCUT2D eigenvalue weighted by atomic mass is 16.5. The number of methoxy groups -OCH3 is 1. The van der Waals surface area contributed by atoms with Gasteiger partial charge in [-0.2, -0.15) is 0 Å². The predicted molar refractivity (Wildman–Crippen MR) is 70.6 cm³/mol. The van der Waals surface area contributed by atoms with Gasteiger partial charge in [0.2, 0.25) is 0 Å². The molecule has 118 valence electrons. The Morgan fingerprint density at radius 2 is 2.14 bits per heavy atom.